The number of nitrogens with one attached hydrogen (secondary N) is 1. The summed E-state index contributed by atoms with van der Waals surface area (Å²) in [6, 6.07) is 19.4. The van der Waals surface area contributed by atoms with Gasteiger partial charge in [-0.1, -0.05) is 42.5 Å². The largest absolute Gasteiger partial charge is 0.312 e. The Morgan fingerprint density at radius 3 is 2.68 bits per heavy atom. The quantitative estimate of drug-likeness (QED) is 0.682. The molecule has 0 atom stereocenters. The third kappa shape index (κ3) is 3.03. The van der Waals surface area contributed by atoms with Gasteiger partial charge in [0, 0.05) is 11.2 Å². The highest BCUT2D eigenvalue weighted by Crippen LogP contribution is 2.24. The minimum atomic E-state index is 0.945. The zero-order chi connectivity index (χ0) is 12.9. The van der Waals surface area contributed by atoms with Gasteiger partial charge < -0.3 is 5.32 Å². The van der Waals surface area contributed by atoms with Crippen LogP contribution in [-0.2, 0) is 13.0 Å². The van der Waals surface area contributed by atoms with Gasteiger partial charge in [0.15, 0.2) is 0 Å². The predicted octanol–water partition coefficient (Wildman–Crippen LogP) is 4.23. The second-order valence-corrected chi connectivity index (χ2v) is 5.61. The Kier molecular flexibility index (Phi) is 3.92. The SMILES string of the molecule is c1ccc(CNCCc2cccc3sccc23)cc1. The van der Waals surface area contributed by atoms with E-state index in [-0.39, 0.29) is 0 Å². The maximum absolute atomic E-state index is 3.51. The Morgan fingerprint density at radius 2 is 1.79 bits per heavy atom. The molecule has 0 aliphatic heterocycles. The number of fused-ring (bicyclic) bond motifs is 1. The zero-order valence-electron chi connectivity index (χ0n) is 10.8. The number of rotatable bonds is 5. The molecule has 0 saturated carbocycles. The fourth-order valence-corrected chi connectivity index (χ4v) is 3.16. The molecule has 3 rings (SSSR count). The molecule has 3 aromatic rings. The van der Waals surface area contributed by atoms with Crippen molar-refractivity contribution < 1.29 is 0 Å². The second kappa shape index (κ2) is 6.00. The first-order valence-electron chi connectivity index (χ1n) is 6.63. The van der Waals surface area contributed by atoms with Gasteiger partial charge in [-0.2, -0.15) is 0 Å². The minimum Gasteiger partial charge on any atom is -0.312 e. The van der Waals surface area contributed by atoms with Crippen molar-refractivity contribution in [3.8, 4) is 0 Å². The van der Waals surface area contributed by atoms with Gasteiger partial charge in [0.2, 0.25) is 0 Å². The normalized spacial score (nSPS) is 10.9. The highest BCUT2D eigenvalue weighted by atomic mass is 32.1. The van der Waals surface area contributed by atoms with Crippen molar-refractivity contribution in [1.82, 2.24) is 5.32 Å². The topological polar surface area (TPSA) is 12.0 Å². The van der Waals surface area contributed by atoms with Crippen molar-refractivity contribution in [1.29, 1.82) is 0 Å². The molecule has 2 heteroatoms. The second-order valence-electron chi connectivity index (χ2n) is 4.66. The summed E-state index contributed by atoms with van der Waals surface area (Å²) in [5.74, 6) is 0. The molecular formula is C17H17NS. The van der Waals surface area contributed by atoms with E-state index in [9.17, 15) is 0 Å². The number of benzene rings is 2. The molecule has 0 bridgehead atoms. The first-order valence-corrected chi connectivity index (χ1v) is 7.51. The summed E-state index contributed by atoms with van der Waals surface area (Å²) >= 11 is 1.82. The van der Waals surface area contributed by atoms with Gasteiger partial charge in [-0.3, -0.25) is 0 Å². The lowest BCUT2D eigenvalue weighted by Crippen LogP contribution is -2.16. The highest BCUT2D eigenvalue weighted by Gasteiger charge is 2.01. The van der Waals surface area contributed by atoms with E-state index in [0.717, 1.165) is 19.5 Å². The molecular weight excluding hydrogens is 250 g/mol. The first-order chi connectivity index (χ1) is 9.43. The van der Waals surface area contributed by atoms with Crippen LogP contribution in [0.15, 0.2) is 60.0 Å². The average molecular weight is 267 g/mol. The lowest BCUT2D eigenvalue weighted by molar-refractivity contribution is 0.688. The number of hydrogen-bond acceptors (Lipinski definition) is 2. The van der Waals surface area contributed by atoms with Crippen molar-refractivity contribution in [3.63, 3.8) is 0 Å². The lowest BCUT2D eigenvalue weighted by atomic mass is 10.1. The van der Waals surface area contributed by atoms with Crippen LogP contribution in [0, 0.1) is 0 Å². The standard InChI is InChI=1S/C17H17NS/c1-2-5-14(6-3-1)13-18-11-9-15-7-4-8-17-16(15)10-12-19-17/h1-8,10,12,18H,9,11,13H2. The van der Waals surface area contributed by atoms with Crippen LogP contribution in [0.25, 0.3) is 10.1 Å². The molecule has 1 N–H and O–H groups in total. The third-order valence-electron chi connectivity index (χ3n) is 3.33. The predicted molar refractivity (Wildman–Crippen MR) is 83.7 cm³/mol. The molecule has 96 valence electrons. The summed E-state index contributed by atoms with van der Waals surface area (Å²) < 4.78 is 1.39. The fraction of sp³-hybridized carbons (Fsp3) is 0.176. The average Bonchev–Trinajstić information content (AvgIpc) is 2.94. The van der Waals surface area contributed by atoms with Gasteiger partial charge >= 0.3 is 0 Å². The Balaban J connectivity index is 1.57. The summed E-state index contributed by atoms with van der Waals surface area (Å²) in [5, 5.41) is 7.09. The summed E-state index contributed by atoms with van der Waals surface area (Å²) in [6.07, 6.45) is 1.08. The van der Waals surface area contributed by atoms with E-state index in [1.807, 2.05) is 11.3 Å². The zero-order valence-corrected chi connectivity index (χ0v) is 11.6. The smallest absolute Gasteiger partial charge is 0.0345 e. The Bertz CT molecular complexity index is 642. The van der Waals surface area contributed by atoms with Crippen LogP contribution in [0.5, 0.6) is 0 Å². The van der Waals surface area contributed by atoms with Crippen molar-refractivity contribution in [3.05, 3.63) is 71.1 Å². The van der Waals surface area contributed by atoms with Crippen LogP contribution in [0.3, 0.4) is 0 Å². The van der Waals surface area contributed by atoms with Crippen LogP contribution in [-0.4, -0.2) is 6.54 Å². The van der Waals surface area contributed by atoms with Crippen molar-refractivity contribution in [2.24, 2.45) is 0 Å². The van der Waals surface area contributed by atoms with Gasteiger partial charge in [0.1, 0.15) is 0 Å². The van der Waals surface area contributed by atoms with E-state index < -0.39 is 0 Å². The molecule has 1 nitrogen and oxygen atoms in total. The molecule has 0 aliphatic rings. The van der Waals surface area contributed by atoms with Crippen LogP contribution in [0.2, 0.25) is 0 Å². The molecule has 0 spiro atoms. The van der Waals surface area contributed by atoms with E-state index in [1.165, 1.54) is 21.2 Å². The first kappa shape index (κ1) is 12.4. The monoisotopic (exact) mass is 267 g/mol. The van der Waals surface area contributed by atoms with Crippen LogP contribution < -0.4 is 5.32 Å². The van der Waals surface area contributed by atoms with Crippen LogP contribution in [0.4, 0.5) is 0 Å². The molecule has 1 aromatic heterocycles. The molecule has 0 aliphatic carbocycles. The summed E-state index contributed by atoms with van der Waals surface area (Å²) in [4.78, 5) is 0. The fourth-order valence-electron chi connectivity index (χ4n) is 2.33. The maximum atomic E-state index is 3.51. The van der Waals surface area contributed by atoms with Gasteiger partial charge in [-0.05, 0) is 47.0 Å². The Hall–Kier alpha value is -1.64. The molecule has 0 radical (unpaired) electrons. The van der Waals surface area contributed by atoms with Gasteiger partial charge in [0.05, 0.1) is 0 Å². The van der Waals surface area contributed by atoms with Crippen molar-refractivity contribution in [2.45, 2.75) is 13.0 Å². The Morgan fingerprint density at radius 1 is 0.895 bits per heavy atom. The van der Waals surface area contributed by atoms with E-state index in [4.69, 9.17) is 0 Å². The number of thiophene rings is 1. The molecule has 19 heavy (non-hydrogen) atoms. The molecule has 2 aromatic carbocycles. The van der Waals surface area contributed by atoms with Crippen molar-refractivity contribution in [2.75, 3.05) is 6.54 Å². The summed E-state index contributed by atoms with van der Waals surface area (Å²) in [5.41, 5.74) is 2.79. The summed E-state index contributed by atoms with van der Waals surface area (Å²) in [6.45, 7) is 1.96. The molecule has 0 unspecified atom stereocenters. The van der Waals surface area contributed by atoms with Gasteiger partial charge in [-0.25, -0.2) is 0 Å². The van der Waals surface area contributed by atoms with Crippen LogP contribution in [0.1, 0.15) is 11.1 Å². The third-order valence-corrected chi connectivity index (χ3v) is 4.21. The summed E-state index contributed by atoms with van der Waals surface area (Å²) in [7, 11) is 0. The molecule has 0 fully saturated rings. The van der Waals surface area contributed by atoms with Gasteiger partial charge in [-0.15, -0.1) is 11.3 Å². The number of hydrogen-bond donors (Lipinski definition) is 1. The van der Waals surface area contributed by atoms with Crippen molar-refractivity contribution >= 4 is 21.4 Å². The maximum Gasteiger partial charge on any atom is 0.0345 e. The van der Waals surface area contributed by atoms with E-state index in [2.05, 4.69) is 65.3 Å². The molecule has 0 amide bonds. The van der Waals surface area contributed by atoms with E-state index in [1.54, 1.807) is 0 Å². The molecule has 1 heterocycles. The van der Waals surface area contributed by atoms with E-state index in [0.29, 0.717) is 0 Å². The highest BCUT2D eigenvalue weighted by molar-refractivity contribution is 7.17. The van der Waals surface area contributed by atoms with Crippen LogP contribution >= 0.6 is 11.3 Å². The minimum absolute atomic E-state index is 0.945. The van der Waals surface area contributed by atoms with Gasteiger partial charge in [0.25, 0.3) is 0 Å². The Labute approximate surface area is 117 Å². The van der Waals surface area contributed by atoms with E-state index >= 15 is 0 Å². The lowest BCUT2D eigenvalue weighted by Gasteiger charge is -2.06. The molecule has 0 saturated heterocycles.